The number of amides is 1. The standard InChI is InChI=1S/C25H26N4O4S3/c1-2-33-20-9-3-10-21-23(20)27-25(35-21)29(16-18-7-4-12-26-15-18)24(30)19-8-5-13-28(17-19)36(31,32)22-11-6-14-34-22/h3-4,6-7,9-12,14-15,19H,2,5,8,13,16-17H2,1H3. The highest BCUT2D eigenvalue weighted by molar-refractivity contribution is 7.91. The summed E-state index contributed by atoms with van der Waals surface area (Å²) in [5.41, 5.74) is 1.59. The van der Waals surface area contributed by atoms with Gasteiger partial charge in [-0.25, -0.2) is 13.4 Å². The molecule has 5 rings (SSSR count). The molecule has 1 aliphatic rings. The number of piperidine rings is 1. The second kappa shape index (κ2) is 10.6. The summed E-state index contributed by atoms with van der Waals surface area (Å²) in [6.45, 7) is 3.29. The van der Waals surface area contributed by atoms with Crippen LogP contribution in [0.1, 0.15) is 25.3 Å². The lowest BCUT2D eigenvalue weighted by molar-refractivity contribution is -0.123. The van der Waals surface area contributed by atoms with Gasteiger partial charge < -0.3 is 4.74 Å². The van der Waals surface area contributed by atoms with Gasteiger partial charge in [-0.3, -0.25) is 14.7 Å². The maximum Gasteiger partial charge on any atom is 0.252 e. The molecule has 8 nitrogen and oxygen atoms in total. The van der Waals surface area contributed by atoms with Crippen molar-refractivity contribution >= 4 is 54.0 Å². The van der Waals surface area contributed by atoms with Gasteiger partial charge in [0.05, 0.1) is 23.8 Å². The average molecular weight is 543 g/mol. The smallest absolute Gasteiger partial charge is 0.252 e. The zero-order chi connectivity index (χ0) is 25.1. The zero-order valence-corrected chi connectivity index (χ0v) is 22.2. The lowest BCUT2D eigenvalue weighted by Crippen LogP contribution is -2.46. The van der Waals surface area contributed by atoms with Crippen LogP contribution in [-0.2, 0) is 21.4 Å². The molecule has 4 aromatic rings. The number of ether oxygens (including phenoxy) is 1. The van der Waals surface area contributed by atoms with E-state index in [9.17, 15) is 13.2 Å². The normalized spacial score (nSPS) is 16.8. The van der Waals surface area contributed by atoms with Crippen LogP contribution in [0.15, 0.2) is 64.4 Å². The second-order valence-electron chi connectivity index (χ2n) is 8.45. The number of benzene rings is 1. The van der Waals surface area contributed by atoms with Crippen molar-refractivity contribution in [1.82, 2.24) is 14.3 Å². The number of hydrogen-bond donors (Lipinski definition) is 0. The Morgan fingerprint density at radius 3 is 2.86 bits per heavy atom. The number of aromatic nitrogens is 2. The molecule has 11 heteroatoms. The molecule has 1 unspecified atom stereocenters. The molecule has 1 saturated heterocycles. The number of carbonyl (C=O) groups is 1. The number of para-hydroxylation sites is 1. The molecular weight excluding hydrogens is 517 g/mol. The highest BCUT2D eigenvalue weighted by atomic mass is 32.2. The van der Waals surface area contributed by atoms with Gasteiger partial charge in [0.25, 0.3) is 10.0 Å². The molecule has 0 N–H and O–H groups in total. The third-order valence-corrected chi connectivity index (χ3v) is 10.3. The summed E-state index contributed by atoms with van der Waals surface area (Å²) in [6, 6.07) is 12.8. The van der Waals surface area contributed by atoms with E-state index in [1.165, 1.54) is 27.0 Å². The summed E-state index contributed by atoms with van der Waals surface area (Å²) >= 11 is 2.62. The van der Waals surface area contributed by atoms with Crippen molar-refractivity contribution < 1.29 is 17.9 Å². The minimum atomic E-state index is -3.63. The SMILES string of the molecule is CCOc1cccc2sc(N(Cc3cccnc3)C(=O)C3CCCN(S(=O)(=O)c4cccs4)C3)nc12. The zero-order valence-electron chi connectivity index (χ0n) is 19.7. The minimum Gasteiger partial charge on any atom is -0.492 e. The number of fused-ring (bicyclic) bond motifs is 1. The van der Waals surface area contributed by atoms with Crippen LogP contribution >= 0.6 is 22.7 Å². The van der Waals surface area contributed by atoms with Crippen molar-refractivity contribution in [1.29, 1.82) is 0 Å². The largest absolute Gasteiger partial charge is 0.492 e. The molecule has 0 spiro atoms. The monoisotopic (exact) mass is 542 g/mol. The maximum atomic E-state index is 14.0. The summed E-state index contributed by atoms with van der Waals surface area (Å²) in [6.07, 6.45) is 4.66. The van der Waals surface area contributed by atoms with Crippen molar-refractivity contribution in [2.24, 2.45) is 5.92 Å². The van der Waals surface area contributed by atoms with Crippen LogP contribution in [0, 0.1) is 5.92 Å². The molecule has 0 radical (unpaired) electrons. The molecule has 1 fully saturated rings. The van der Waals surface area contributed by atoms with Crippen molar-refractivity contribution in [3.63, 3.8) is 0 Å². The average Bonchev–Trinajstić information content (AvgIpc) is 3.59. The lowest BCUT2D eigenvalue weighted by Gasteiger charge is -2.33. The predicted molar refractivity (Wildman–Crippen MR) is 142 cm³/mol. The van der Waals surface area contributed by atoms with Crippen molar-refractivity contribution in [3.8, 4) is 5.75 Å². The van der Waals surface area contributed by atoms with Crippen LogP contribution in [0.25, 0.3) is 10.2 Å². The Kier molecular flexibility index (Phi) is 7.33. The van der Waals surface area contributed by atoms with E-state index in [4.69, 9.17) is 9.72 Å². The highest BCUT2D eigenvalue weighted by Gasteiger charge is 2.36. The Morgan fingerprint density at radius 2 is 2.11 bits per heavy atom. The van der Waals surface area contributed by atoms with Crippen LogP contribution in [0.4, 0.5) is 5.13 Å². The van der Waals surface area contributed by atoms with Gasteiger partial charge in [-0.2, -0.15) is 4.31 Å². The molecule has 0 saturated carbocycles. The molecule has 4 heterocycles. The molecule has 188 valence electrons. The summed E-state index contributed by atoms with van der Waals surface area (Å²) in [7, 11) is -3.63. The van der Waals surface area contributed by atoms with Crippen molar-refractivity contribution in [2.45, 2.75) is 30.5 Å². The number of carbonyl (C=O) groups excluding carboxylic acids is 1. The van der Waals surface area contributed by atoms with E-state index in [2.05, 4.69) is 4.98 Å². The topological polar surface area (TPSA) is 92.7 Å². The maximum absolute atomic E-state index is 14.0. The summed E-state index contributed by atoms with van der Waals surface area (Å²) in [5, 5.41) is 2.31. The van der Waals surface area contributed by atoms with Gasteiger partial charge in [-0.05, 0) is 55.0 Å². The van der Waals surface area contributed by atoms with Gasteiger partial charge >= 0.3 is 0 Å². The Morgan fingerprint density at radius 1 is 1.22 bits per heavy atom. The number of pyridine rings is 1. The van der Waals surface area contributed by atoms with E-state index >= 15 is 0 Å². The van der Waals surface area contributed by atoms with Crippen molar-refractivity contribution in [2.75, 3.05) is 24.6 Å². The number of anilines is 1. The van der Waals surface area contributed by atoms with E-state index in [0.29, 0.717) is 53.1 Å². The molecule has 0 bridgehead atoms. The Bertz CT molecular complexity index is 1440. The van der Waals surface area contributed by atoms with Gasteiger partial charge in [0.2, 0.25) is 5.91 Å². The molecule has 0 aliphatic carbocycles. The predicted octanol–water partition coefficient (Wildman–Crippen LogP) is 4.79. The number of thiazole rings is 1. The molecule has 1 atom stereocenters. The van der Waals surface area contributed by atoms with E-state index in [0.717, 1.165) is 10.3 Å². The van der Waals surface area contributed by atoms with E-state index in [1.54, 1.807) is 34.8 Å². The molecule has 36 heavy (non-hydrogen) atoms. The van der Waals surface area contributed by atoms with Gasteiger partial charge in [0.1, 0.15) is 15.5 Å². The quantitative estimate of drug-likeness (QED) is 0.318. The van der Waals surface area contributed by atoms with E-state index < -0.39 is 15.9 Å². The summed E-state index contributed by atoms with van der Waals surface area (Å²) in [4.78, 5) is 24.6. The number of hydrogen-bond acceptors (Lipinski definition) is 8. The van der Waals surface area contributed by atoms with Crippen LogP contribution < -0.4 is 9.64 Å². The summed E-state index contributed by atoms with van der Waals surface area (Å²) < 4.78 is 34.7. The molecule has 1 aromatic carbocycles. The Labute approximate surface area is 218 Å². The fourth-order valence-electron chi connectivity index (χ4n) is 4.33. The first-order chi connectivity index (χ1) is 17.5. The molecule has 1 amide bonds. The molecule has 3 aromatic heterocycles. The first-order valence-electron chi connectivity index (χ1n) is 11.7. The van der Waals surface area contributed by atoms with Gasteiger partial charge in [-0.1, -0.05) is 29.5 Å². The fourth-order valence-corrected chi connectivity index (χ4v) is 7.99. The van der Waals surface area contributed by atoms with Gasteiger partial charge in [-0.15, -0.1) is 11.3 Å². The number of rotatable bonds is 8. The first-order valence-corrected chi connectivity index (χ1v) is 14.9. The first kappa shape index (κ1) is 24.8. The Balaban J connectivity index is 1.47. The number of sulfonamides is 1. The molecular formula is C25H26N4O4S3. The minimum absolute atomic E-state index is 0.137. The lowest BCUT2D eigenvalue weighted by atomic mass is 9.98. The number of nitrogens with zero attached hydrogens (tertiary/aromatic N) is 4. The van der Waals surface area contributed by atoms with Crippen molar-refractivity contribution in [3.05, 3.63) is 65.8 Å². The third kappa shape index (κ3) is 5.01. The fraction of sp³-hybridized carbons (Fsp3) is 0.320. The van der Waals surface area contributed by atoms with Crippen LogP contribution in [0.3, 0.4) is 0 Å². The van der Waals surface area contributed by atoms with E-state index in [1.807, 2.05) is 37.3 Å². The van der Waals surface area contributed by atoms with Gasteiger partial charge in [0, 0.05) is 25.5 Å². The highest BCUT2D eigenvalue weighted by Crippen LogP contribution is 2.36. The van der Waals surface area contributed by atoms with Crippen LogP contribution in [-0.4, -0.2) is 48.3 Å². The Hall–Kier alpha value is -2.86. The molecule has 1 aliphatic heterocycles. The van der Waals surface area contributed by atoms with E-state index in [-0.39, 0.29) is 12.5 Å². The summed E-state index contributed by atoms with van der Waals surface area (Å²) in [5.74, 6) is 0.0719. The van der Waals surface area contributed by atoms with Crippen LogP contribution in [0.2, 0.25) is 0 Å². The van der Waals surface area contributed by atoms with Gasteiger partial charge in [0.15, 0.2) is 5.13 Å². The third-order valence-electron chi connectivity index (χ3n) is 6.05. The second-order valence-corrected chi connectivity index (χ2v) is 12.6. The number of thiophene rings is 1. The van der Waals surface area contributed by atoms with Crippen LogP contribution in [0.5, 0.6) is 5.75 Å².